The van der Waals surface area contributed by atoms with Gasteiger partial charge in [-0.1, -0.05) is 0 Å². The molecule has 5 heteroatoms. The molecule has 1 aliphatic heterocycles. The Bertz CT molecular complexity index is 563. The van der Waals surface area contributed by atoms with E-state index < -0.39 is 0 Å². The van der Waals surface area contributed by atoms with Gasteiger partial charge >= 0.3 is 0 Å². The average molecular weight is 230 g/mol. The van der Waals surface area contributed by atoms with E-state index in [0.29, 0.717) is 11.5 Å². The maximum atomic E-state index is 8.88. The Morgan fingerprint density at radius 3 is 3.12 bits per heavy atom. The number of nitrogens with zero attached hydrogens (tertiary/aromatic N) is 4. The molecular weight excluding hydrogens is 220 g/mol. The number of rotatable bonds is 1. The van der Waals surface area contributed by atoms with Crippen molar-refractivity contribution < 1.29 is 0 Å². The molecule has 0 N–H and O–H groups in total. The average Bonchev–Trinajstić information content (AvgIpc) is 2.96. The summed E-state index contributed by atoms with van der Waals surface area (Å²) in [5, 5.41) is 17.3. The van der Waals surface area contributed by atoms with Crippen LogP contribution in [-0.4, -0.2) is 26.1 Å². The number of fused-ring (bicyclic) bond motifs is 1. The van der Waals surface area contributed by atoms with Crippen molar-refractivity contribution in [2.24, 2.45) is 0 Å². The highest BCUT2D eigenvalue weighted by atomic mass is 32.2. The fourth-order valence-corrected chi connectivity index (χ4v) is 3.21. The van der Waals surface area contributed by atoms with Gasteiger partial charge in [0.25, 0.3) is 0 Å². The summed E-state index contributed by atoms with van der Waals surface area (Å²) in [6, 6.07) is 5.76. The van der Waals surface area contributed by atoms with Crippen LogP contribution >= 0.6 is 11.8 Å². The monoisotopic (exact) mass is 230 g/mol. The number of aromatic nitrogens is 3. The molecule has 1 fully saturated rings. The smallest absolute Gasteiger partial charge is 0.160 e. The van der Waals surface area contributed by atoms with Crippen LogP contribution in [0, 0.1) is 11.3 Å². The lowest BCUT2D eigenvalue weighted by Gasteiger charge is -2.05. The second-order valence-electron chi connectivity index (χ2n) is 3.88. The van der Waals surface area contributed by atoms with Gasteiger partial charge in [0, 0.05) is 17.9 Å². The summed E-state index contributed by atoms with van der Waals surface area (Å²) in [6.07, 6.45) is 2.98. The highest BCUT2D eigenvalue weighted by Crippen LogP contribution is 2.31. The zero-order valence-corrected chi connectivity index (χ0v) is 9.44. The van der Waals surface area contributed by atoms with E-state index in [-0.39, 0.29) is 0 Å². The fraction of sp³-hybridized carbons (Fsp3) is 0.364. The zero-order valence-electron chi connectivity index (χ0n) is 8.63. The standard InChI is InChI=1S/C11H10N4S/c12-5-8-1-2-10-13-14-11(15(10)6-8)9-3-4-16-7-9/h1-2,6,9H,3-4,7H2. The molecule has 80 valence electrons. The zero-order chi connectivity index (χ0) is 11.0. The lowest BCUT2D eigenvalue weighted by atomic mass is 10.1. The van der Waals surface area contributed by atoms with E-state index in [2.05, 4.69) is 16.3 Å². The highest BCUT2D eigenvalue weighted by molar-refractivity contribution is 7.99. The van der Waals surface area contributed by atoms with Crippen molar-refractivity contribution >= 4 is 17.4 Å². The van der Waals surface area contributed by atoms with Crippen LogP contribution < -0.4 is 0 Å². The van der Waals surface area contributed by atoms with Gasteiger partial charge in [0.1, 0.15) is 11.9 Å². The molecule has 0 aromatic carbocycles. The SMILES string of the molecule is N#Cc1ccc2nnc(C3CCSC3)n2c1. The first kappa shape index (κ1) is 9.67. The number of hydrogen-bond acceptors (Lipinski definition) is 4. The van der Waals surface area contributed by atoms with Crippen LogP contribution in [0.15, 0.2) is 18.3 Å². The summed E-state index contributed by atoms with van der Waals surface area (Å²) in [5.74, 6) is 3.78. The molecule has 3 rings (SSSR count). The molecule has 3 heterocycles. The van der Waals surface area contributed by atoms with Crippen LogP contribution in [0.25, 0.3) is 5.65 Å². The van der Waals surface area contributed by atoms with Gasteiger partial charge in [-0.3, -0.25) is 4.40 Å². The predicted molar refractivity (Wildman–Crippen MR) is 62.4 cm³/mol. The van der Waals surface area contributed by atoms with Gasteiger partial charge in [-0.15, -0.1) is 10.2 Å². The number of thioether (sulfide) groups is 1. The largest absolute Gasteiger partial charge is 0.285 e. The number of hydrogen-bond donors (Lipinski definition) is 0. The molecule has 0 radical (unpaired) electrons. The Balaban J connectivity index is 2.14. The third-order valence-electron chi connectivity index (χ3n) is 2.85. The summed E-state index contributed by atoms with van der Waals surface area (Å²) in [6.45, 7) is 0. The Kier molecular flexibility index (Phi) is 2.29. The van der Waals surface area contributed by atoms with E-state index in [0.717, 1.165) is 23.6 Å². The molecule has 4 nitrogen and oxygen atoms in total. The topological polar surface area (TPSA) is 54.0 Å². The van der Waals surface area contributed by atoms with Gasteiger partial charge in [0.15, 0.2) is 5.65 Å². The van der Waals surface area contributed by atoms with Gasteiger partial charge in [0.05, 0.1) is 5.56 Å². The van der Waals surface area contributed by atoms with Crippen molar-refractivity contribution in [2.75, 3.05) is 11.5 Å². The normalized spacial score (nSPS) is 20.1. The molecule has 2 aromatic heterocycles. The molecule has 1 unspecified atom stereocenters. The lowest BCUT2D eigenvalue weighted by molar-refractivity contribution is 0.705. The minimum atomic E-state index is 0.481. The van der Waals surface area contributed by atoms with Crippen LogP contribution in [0.2, 0.25) is 0 Å². The minimum absolute atomic E-state index is 0.481. The Hall–Kier alpha value is -1.54. The predicted octanol–water partition coefficient (Wildman–Crippen LogP) is 1.82. The van der Waals surface area contributed by atoms with Crippen LogP contribution in [-0.2, 0) is 0 Å². The van der Waals surface area contributed by atoms with E-state index in [4.69, 9.17) is 5.26 Å². The Morgan fingerprint density at radius 2 is 2.38 bits per heavy atom. The van der Waals surface area contributed by atoms with Crippen LogP contribution in [0.5, 0.6) is 0 Å². The molecule has 16 heavy (non-hydrogen) atoms. The first-order chi connectivity index (χ1) is 7.88. The van der Waals surface area contributed by atoms with E-state index in [1.54, 1.807) is 6.07 Å². The third-order valence-corrected chi connectivity index (χ3v) is 4.02. The molecule has 0 saturated carbocycles. The van der Waals surface area contributed by atoms with Gasteiger partial charge in [-0.2, -0.15) is 17.0 Å². The van der Waals surface area contributed by atoms with E-state index in [9.17, 15) is 0 Å². The number of pyridine rings is 1. The molecular formula is C11H10N4S. The van der Waals surface area contributed by atoms with Gasteiger partial charge in [-0.25, -0.2) is 0 Å². The van der Waals surface area contributed by atoms with Crippen LogP contribution in [0.3, 0.4) is 0 Å². The van der Waals surface area contributed by atoms with E-state index in [1.807, 2.05) is 28.4 Å². The molecule has 1 atom stereocenters. The quantitative estimate of drug-likeness (QED) is 0.750. The van der Waals surface area contributed by atoms with Crippen LogP contribution in [0.4, 0.5) is 0 Å². The lowest BCUT2D eigenvalue weighted by Crippen LogP contribution is -2.03. The number of nitriles is 1. The molecule has 2 aromatic rings. The molecule has 1 aliphatic rings. The van der Waals surface area contributed by atoms with Crippen molar-refractivity contribution in [3.63, 3.8) is 0 Å². The van der Waals surface area contributed by atoms with Crippen molar-refractivity contribution in [1.82, 2.24) is 14.6 Å². The molecule has 0 bridgehead atoms. The van der Waals surface area contributed by atoms with Crippen molar-refractivity contribution in [3.8, 4) is 6.07 Å². The summed E-state index contributed by atoms with van der Waals surface area (Å²) >= 11 is 1.95. The first-order valence-corrected chi connectivity index (χ1v) is 6.36. The minimum Gasteiger partial charge on any atom is -0.285 e. The summed E-state index contributed by atoms with van der Waals surface area (Å²) in [4.78, 5) is 0. The van der Waals surface area contributed by atoms with Crippen molar-refractivity contribution in [1.29, 1.82) is 5.26 Å². The second-order valence-corrected chi connectivity index (χ2v) is 5.03. The maximum Gasteiger partial charge on any atom is 0.160 e. The second kappa shape index (κ2) is 3.80. The summed E-state index contributed by atoms with van der Waals surface area (Å²) < 4.78 is 1.95. The fourth-order valence-electron chi connectivity index (χ4n) is 1.99. The van der Waals surface area contributed by atoms with Gasteiger partial charge in [-0.05, 0) is 24.3 Å². The van der Waals surface area contributed by atoms with Gasteiger partial charge < -0.3 is 0 Å². The van der Waals surface area contributed by atoms with Crippen molar-refractivity contribution in [2.45, 2.75) is 12.3 Å². The van der Waals surface area contributed by atoms with Crippen LogP contribution in [0.1, 0.15) is 23.7 Å². The van der Waals surface area contributed by atoms with E-state index >= 15 is 0 Å². The van der Waals surface area contributed by atoms with Gasteiger partial charge in [0.2, 0.25) is 0 Å². The highest BCUT2D eigenvalue weighted by Gasteiger charge is 2.22. The maximum absolute atomic E-state index is 8.88. The Labute approximate surface area is 97.3 Å². The summed E-state index contributed by atoms with van der Waals surface area (Å²) in [5.41, 5.74) is 1.48. The van der Waals surface area contributed by atoms with Crippen molar-refractivity contribution in [3.05, 3.63) is 29.7 Å². The van der Waals surface area contributed by atoms with E-state index in [1.165, 1.54) is 5.75 Å². The molecule has 0 aliphatic carbocycles. The first-order valence-electron chi connectivity index (χ1n) is 5.21. The molecule has 1 saturated heterocycles. The third kappa shape index (κ3) is 1.46. The molecule has 0 spiro atoms. The summed E-state index contributed by atoms with van der Waals surface area (Å²) in [7, 11) is 0. The molecule has 0 amide bonds. The Morgan fingerprint density at radius 1 is 1.44 bits per heavy atom.